The Morgan fingerprint density at radius 1 is 1.41 bits per heavy atom. The maximum Gasteiger partial charge on any atom is 0.422 e. The maximum absolute atomic E-state index is 11.7. The van der Waals surface area contributed by atoms with E-state index in [1.165, 1.54) is 11.3 Å². The monoisotopic (exact) mass is 253 g/mol. The zero-order valence-electron chi connectivity index (χ0n) is 10.1. The van der Waals surface area contributed by atoms with Crippen molar-refractivity contribution in [3.05, 3.63) is 31.9 Å². The van der Waals surface area contributed by atoms with Gasteiger partial charge in [0.2, 0.25) is 0 Å². The molecule has 0 radical (unpaired) electrons. The third-order valence-corrected chi connectivity index (χ3v) is 3.85. The van der Waals surface area contributed by atoms with Crippen molar-refractivity contribution < 1.29 is 4.42 Å². The van der Waals surface area contributed by atoms with Gasteiger partial charge in [0.15, 0.2) is 0 Å². The number of hydrogen-bond acceptors (Lipinski definition) is 4. The second kappa shape index (κ2) is 4.49. The van der Waals surface area contributed by atoms with Gasteiger partial charge in [-0.25, -0.2) is 9.59 Å². The number of rotatable bonds is 3. The molecule has 0 fully saturated rings. The molecular formula is C12H15NO3S. The van der Waals surface area contributed by atoms with E-state index in [9.17, 15) is 9.59 Å². The molecule has 0 aromatic carbocycles. The van der Waals surface area contributed by atoms with Gasteiger partial charge < -0.3 is 4.42 Å². The Balaban J connectivity index is 2.62. The summed E-state index contributed by atoms with van der Waals surface area (Å²) in [6.45, 7) is 6.64. The molecule has 0 unspecified atom stereocenters. The zero-order valence-corrected chi connectivity index (χ0v) is 11.0. The summed E-state index contributed by atoms with van der Waals surface area (Å²) in [6.07, 6.45) is 0.889. The fourth-order valence-electron chi connectivity index (χ4n) is 1.73. The van der Waals surface area contributed by atoms with Crippen LogP contribution in [0.15, 0.2) is 19.4 Å². The highest BCUT2D eigenvalue weighted by atomic mass is 32.1. The van der Waals surface area contributed by atoms with Gasteiger partial charge in [-0.1, -0.05) is 13.8 Å². The Hall–Kier alpha value is -1.36. The fourth-order valence-corrected chi connectivity index (χ4v) is 2.79. The minimum absolute atomic E-state index is 0.505. The molecule has 17 heavy (non-hydrogen) atoms. The summed E-state index contributed by atoms with van der Waals surface area (Å²) >= 11 is 1.42. The summed E-state index contributed by atoms with van der Waals surface area (Å²) in [6, 6.07) is 0. The normalized spacial score (nSPS) is 11.5. The highest BCUT2D eigenvalue weighted by Crippen LogP contribution is 2.21. The van der Waals surface area contributed by atoms with Gasteiger partial charge in [0.05, 0.1) is 5.39 Å². The van der Waals surface area contributed by atoms with Gasteiger partial charge >= 0.3 is 11.4 Å². The molecule has 0 amide bonds. The number of fused-ring (bicyclic) bond motifs is 1. The zero-order chi connectivity index (χ0) is 12.6. The van der Waals surface area contributed by atoms with E-state index in [2.05, 4.69) is 13.8 Å². The van der Waals surface area contributed by atoms with E-state index in [-0.39, 0.29) is 0 Å². The van der Waals surface area contributed by atoms with Crippen molar-refractivity contribution in [1.82, 2.24) is 4.57 Å². The Morgan fingerprint density at radius 2 is 2.12 bits per heavy atom. The van der Waals surface area contributed by atoms with Crippen molar-refractivity contribution in [1.29, 1.82) is 0 Å². The van der Waals surface area contributed by atoms with Crippen LogP contribution in [0.5, 0.6) is 0 Å². The number of thiophene rings is 1. The summed E-state index contributed by atoms with van der Waals surface area (Å²) in [5, 5.41) is 2.42. The number of nitrogens with zero attached hydrogens (tertiary/aromatic N) is 1. The lowest BCUT2D eigenvalue weighted by molar-refractivity contribution is 0.401. The van der Waals surface area contributed by atoms with E-state index in [1.807, 2.05) is 12.3 Å². The second-order valence-electron chi connectivity index (χ2n) is 4.59. The lowest BCUT2D eigenvalue weighted by atomic mass is 10.1. The lowest BCUT2D eigenvalue weighted by Crippen LogP contribution is -2.24. The van der Waals surface area contributed by atoms with Gasteiger partial charge in [-0.05, 0) is 30.2 Å². The lowest BCUT2D eigenvalue weighted by Gasteiger charge is -2.07. The van der Waals surface area contributed by atoms with Crippen LogP contribution in [0.4, 0.5) is 0 Å². The van der Waals surface area contributed by atoms with Crippen molar-refractivity contribution in [2.75, 3.05) is 0 Å². The Morgan fingerprint density at radius 3 is 2.76 bits per heavy atom. The van der Waals surface area contributed by atoms with Crippen molar-refractivity contribution in [2.24, 2.45) is 5.92 Å². The average molecular weight is 253 g/mol. The predicted molar refractivity (Wildman–Crippen MR) is 68.8 cm³/mol. The highest BCUT2D eigenvalue weighted by molar-refractivity contribution is 7.17. The molecule has 0 N–H and O–H groups in total. The van der Waals surface area contributed by atoms with Crippen LogP contribution in [-0.2, 0) is 6.54 Å². The molecule has 92 valence electrons. The first-order chi connectivity index (χ1) is 8.00. The standard InChI is InChI=1S/C12H15NO3S/c1-7(2)4-5-13-10-9(8(3)6-17-10)11(14)16-12(13)15/h6-7H,4-5H2,1-3H3. The van der Waals surface area contributed by atoms with E-state index in [4.69, 9.17) is 4.42 Å². The van der Waals surface area contributed by atoms with Gasteiger partial charge in [-0.3, -0.25) is 4.57 Å². The minimum Gasteiger partial charge on any atom is -0.372 e. The molecule has 2 heterocycles. The Labute approximate surface area is 103 Å². The molecule has 0 aliphatic carbocycles. The van der Waals surface area contributed by atoms with Crippen LogP contribution in [0.3, 0.4) is 0 Å². The molecule has 2 aromatic heterocycles. The molecule has 5 heteroatoms. The summed E-state index contributed by atoms with van der Waals surface area (Å²) in [7, 11) is 0. The maximum atomic E-state index is 11.7. The largest absolute Gasteiger partial charge is 0.422 e. The van der Waals surface area contributed by atoms with Crippen LogP contribution < -0.4 is 11.4 Å². The topological polar surface area (TPSA) is 52.2 Å². The molecule has 0 atom stereocenters. The van der Waals surface area contributed by atoms with E-state index in [1.54, 1.807) is 4.57 Å². The highest BCUT2D eigenvalue weighted by Gasteiger charge is 2.13. The summed E-state index contributed by atoms with van der Waals surface area (Å²) in [4.78, 5) is 24.0. The van der Waals surface area contributed by atoms with E-state index in [0.29, 0.717) is 17.8 Å². The van der Waals surface area contributed by atoms with E-state index < -0.39 is 11.4 Å². The van der Waals surface area contributed by atoms with Crippen molar-refractivity contribution in [3.8, 4) is 0 Å². The molecule has 0 aliphatic heterocycles. The summed E-state index contributed by atoms with van der Waals surface area (Å²) in [5.74, 6) is -0.0464. The summed E-state index contributed by atoms with van der Waals surface area (Å²) in [5.41, 5.74) is 0.349. The molecule has 4 nitrogen and oxygen atoms in total. The van der Waals surface area contributed by atoms with Crippen molar-refractivity contribution in [3.63, 3.8) is 0 Å². The molecule has 0 aliphatic rings. The van der Waals surface area contributed by atoms with Gasteiger partial charge in [0.1, 0.15) is 4.83 Å². The fraction of sp³-hybridized carbons (Fsp3) is 0.500. The first-order valence-corrected chi connectivity index (χ1v) is 6.50. The molecule has 0 saturated heterocycles. The quantitative estimate of drug-likeness (QED) is 0.843. The molecule has 0 spiro atoms. The van der Waals surface area contributed by atoms with Crippen molar-refractivity contribution >= 4 is 21.6 Å². The van der Waals surface area contributed by atoms with Gasteiger partial charge in [-0.15, -0.1) is 11.3 Å². The van der Waals surface area contributed by atoms with Crippen LogP contribution in [0.2, 0.25) is 0 Å². The second-order valence-corrected chi connectivity index (χ2v) is 5.45. The number of hydrogen-bond donors (Lipinski definition) is 0. The Kier molecular flexibility index (Phi) is 3.19. The summed E-state index contributed by atoms with van der Waals surface area (Å²) < 4.78 is 6.32. The molecule has 2 rings (SSSR count). The third kappa shape index (κ3) is 2.20. The van der Waals surface area contributed by atoms with E-state index >= 15 is 0 Å². The molecule has 0 bridgehead atoms. The van der Waals surface area contributed by atoms with Crippen molar-refractivity contribution in [2.45, 2.75) is 33.7 Å². The van der Waals surface area contributed by atoms with Gasteiger partial charge in [0, 0.05) is 6.54 Å². The van der Waals surface area contributed by atoms with Crippen LogP contribution in [0.25, 0.3) is 10.2 Å². The average Bonchev–Trinajstić information content (AvgIpc) is 2.60. The van der Waals surface area contributed by atoms with Crippen LogP contribution in [0, 0.1) is 12.8 Å². The number of aryl methyl sites for hydroxylation is 2. The third-order valence-electron chi connectivity index (χ3n) is 2.74. The van der Waals surface area contributed by atoms with Crippen LogP contribution >= 0.6 is 11.3 Å². The van der Waals surface area contributed by atoms with Gasteiger partial charge in [0.25, 0.3) is 0 Å². The van der Waals surface area contributed by atoms with Crippen LogP contribution in [-0.4, -0.2) is 4.57 Å². The first-order valence-electron chi connectivity index (χ1n) is 5.62. The molecule has 0 saturated carbocycles. The van der Waals surface area contributed by atoms with Crippen LogP contribution in [0.1, 0.15) is 25.8 Å². The smallest absolute Gasteiger partial charge is 0.372 e. The van der Waals surface area contributed by atoms with Gasteiger partial charge in [-0.2, -0.15) is 0 Å². The SMILES string of the molecule is Cc1csc2c1c(=O)oc(=O)n2CCC(C)C. The molecular weight excluding hydrogens is 238 g/mol. The predicted octanol–water partition coefficient (Wildman–Crippen LogP) is 2.37. The Bertz CT molecular complexity index is 648. The number of aromatic nitrogens is 1. The van der Waals surface area contributed by atoms with E-state index in [0.717, 1.165) is 16.8 Å². The first kappa shape index (κ1) is 12.1. The molecule has 2 aromatic rings. The minimum atomic E-state index is -0.551.